The van der Waals surface area contributed by atoms with Crippen molar-refractivity contribution in [3.8, 4) is 0 Å². The number of nitrogen functional groups attached to an aromatic ring is 1. The van der Waals surface area contributed by atoms with Gasteiger partial charge in [0.05, 0.1) is 17.8 Å². The number of nitrogens with two attached hydrogens (primary N) is 1. The molecule has 0 saturated carbocycles. The van der Waals surface area contributed by atoms with Crippen LogP contribution in [0.5, 0.6) is 0 Å². The van der Waals surface area contributed by atoms with Crippen LogP contribution in [-0.2, 0) is 30.9 Å². The van der Waals surface area contributed by atoms with Gasteiger partial charge in [-0.1, -0.05) is 60.7 Å². The fourth-order valence-electron chi connectivity index (χ4n) is 5.38. The lowest BCUT2D eigenvalue weighted by atomic mass is 10.0. The van der Waals surface area contributed by atoms with E-state index < -0.39 is 28.4 Å². The van der Waals surface area contributed by atoms with Gasteiger partial charge in [-0.05, 0) is 60.5 Å². The maximum atomic E-state index is 14.4. The molecular formula is C36H37ClN6O6S. The van der Waals surface area contributed by atoms with Crippen molar-refractivity contribution < 1.29 is 27.5 Å². The zero-order valence-electron chi connectivity index (χ0n) is 27.5. The Balaban J connectivity index is 0.00000562. The van der Waals surface area contributed by atoms with Gasteiger partial charge in [0, 0.05) is 35.8 Å². The van der Waals surface area contributed by atoms with Gasteiger partial charge in [0.25, 0.3) is 15.9 Å². The van der Waals surface area contributed by atoms with Crippen molar-refractivity contribution in [2.24, 2.45) is 5.73 Å². The number of ether oxygens (including phenoxy) is 1. The Labute approximate surface area is 296 Å². The molecule has 0 unspecified atom stereocenters. The predicted molar refractivity (Wildman–Crippen MR) is 195 cm³/mol. The first-order valence-electron chi connectivity index (χ1n) is 15.6. The first-order valence-corrected chi connectivity index (χ1v) is 17.0. The molecule has 4 N–H and O–H groups in total. The van der Waals surface area contributed by atoms with Crippen LogP contribution in [0.1, 0.15) is 35.3 Å². The molecule has 0 aliphatic carbocycles. The van der Waals surface area contributed by atoms with Crippen LogP contribution in [0.4, 0.5) is 5.69 Å². The second kappa shape index (κ2) is 16.2. The number of amidine groups is 1. The number of esters is 1. The van der Waals surface area contributed by atoms with Gasteiger partial charge in [-0.25, -0.2) is 8.42 Å². The molecule has 0 spiro atoms. The Morgan fingerprint density at radius 3 is 2.30 bits per heavy atom. The van der Waals surface area contributed by atoms with E-state index in [2.05, 4.69) is 10.3 Å². The second-order valence-corrected chi connectivity index (χ2v) is 12.9. The van der Waals surface area contributed by atoms with E-state index in [0.717, 1.165) is 9.87 Å². The van der Waals surface area contributed by atoms with Crippen molar-refractivity contribution in [1.82, 2.24) is 15.2 Å². The minimum absolute atomic E-state index is 0. The van der Waals surface area contributed by atoms with E-state index in [9.17, 15) is 22.8 Å². The summed E-state index contributed by atoms with van der Waals surface area (Å²) in [5.41, 5.74) is 7.73. The number of nitrogens with zero attached hydrogens (tertiary/aromatic N) is 3. The van der Waals surface area contributed by atoms with Crippen molar-refractivity contribution in [2.75, 3.05) is 30.5 Å². The molecule has 14 heteroatoms. The number of likely N-dealkylation sites (N-methyl/N-ethyl adjacent to an activating group) is 1. The average Bonchev–Trinajstić information content (AvgIpc) is 3.11. The average molecular weight is 717 g/mol. The number of carbonyl (C=O) groups is 3. The van der Waals surface area contributed by atoms with E-state index in [4.69, 9.17) is 15.9 Å². The quantitative estimate of drug-likeness (QED) is 0.0898. The van der Waals surface area contributed by atoms with E-state index in [0.29, 0.717) is 27.3 Å². The zero-order valence-corrected chi connectivity index (χ0v) is 29.1. The van der Waals surface area contributed by atoms with Gasteiger partial charge in [0.15, 0.2) is 0 Å². The highest BCUT2D eigenvalue weighted by Gasteiger charge is 2.31. The smallest absolute Gasteiger partial charge is 0.325 e. The molecule has 5 rings (SSSR count). The van der Waals surface area contributed by atoms with E-state index in [1.54, 1.807) is 98.8 Å². The zero-order chi connectivity index (χ0) is 35.1. The lowest BCUT2D eigenvalue weighted by Crippen LogP contribution is -2.45. The van der Waals surface area contributed by atoms with E-state index >= 15 is 0 Å². The Kier molecular flexibility index (Phi) is 12.1. The number of carbonyl (C=O) groups excluding carboxylic acids is 3. The number of sulfonamides is 1. The third-order valence-electron chi connectivity index (χ3n) is 7.92. The number of fused-ring (bicyclic) bond motifs is 2. The first-order chi connectivity index (χ1) is 23.5. The minimum Gasteiger partial charge on any atom is -0.465 e. The third-order valence-corrected chi connectivity index (χ3v) is 9.72. The van der Waals surface area contributed by atoms with Crippen molar-refractivity contribution in [3.05, 3.63) is 114 Å². The summed E-state index contributed by atoms with van der Waals surface area (Å²) in [5, 5.41) is 12.2. The second-order valence-electron chi connectivity index (χ2n) is 11.1. The van der Waals surface area contributed by atoms with Gasteiger partial charge in [0.2, 0.25) is 5.91 Å². The van der Waals surface area contributed by atoms with Crippen LogP contribution in [0, 0.1) is 5.41 Å². The summed E-state index contributed by atoms with van der Waals surface area (Å²) in [5.74, 6) is -1.59. The number of benzene rings is 4. The van der Waals surface area contributed by atoms with Crippen molar-refractivity contribution in [1.29, 1.82) is 5.41 Å². The van der Waals surface area contributed by atoms with Crippen LogP contribution in [0.2, 0.25) is 0 Å². The summed E-state index contributed by atoms with van der Waals surface area (Å²) in [4.78, 5) is 44.6. The molecule has 0 aliphatic heterocycles. The summed E-state index contributed by atoms with van der Waals surface area (Å²) in [6.45, 7) is 2.94. The molecule has 4 aromatic carbocycles. The lowest BCUT2D eigenvalue weighted by molar-refractivity contribution is -0.148. The third kappa shape index (κ3) is 8.18. The summed E-state index contributed by atoms with van der Waals surface area (Å²) in [6, 6.07) is 25.1. The van der Waals surface area contributed by atoms with Crippen LogP contribution in [0.25, 0.3) is 21.7 Å². The maximum Gasteiger partial charge on any atom is 0.325 e. The first kappa shape index (κ1) is 37.3. The van der Waals surface area contributed by atoms with Gasteiger partial charge in [-0.15, -0.1) is 12.4 Å². The van der Waals surface area contributed by atoms with Crippen molar-refractivity contribution in [3.63, 3.8) is 0 Å². The molecule has 0 fully saturated rings. The molecule has 0 atom stereocenters. The number of halogens is 1. The number of amides is 2. The Morgan fingerprint density at radius 1 is 0.900 bits per heavy atom. The summed E-state index contributed by atoms with van der Waals surface area (Å²) < 4.78 is 34.9. The number of hydrogen-bond donors (Lipinski definition) is 3. The largest absolute Gasteiger partial charge is 0.465 e. The van der Waals surface area contributed by atoms with Crippen molar-refractivity contribution >= 4 is 73.4 Å². The molecule has 260 valence electrons. The molecule has 0 saturated heterocycles. The number of rotatable bonds is 13. The van der Waals surface area contributed by atoms with Crippen LogP contribution in [-0.4, -0.2) is 68.2 Å². The standard InChI is InChI=1S/C36H36N6O6S.ClH/c1-3-41(23-33(44)48-4-2)32(43)22-42(49(46,47)31-12-6-8-25-10-7-19-39-34(25)31)28-17-18-29-27(20-28)9-5-11-30(29)36(45)40-21-24-13-15-26(16-14-24)35(37)38;/h5-20H,3-4,21-23H2,1-2H3,(H3,37,38)(H,40,45);1H. The Bertz CT molecular complexity index is 2160. The summed E-state index contributed by atoms with van der Waals surface area (Å²) in [7, 11) is -4.39. The molecule has 0 bridgehead atoms. The number of hydrogen-bond acceptors (Lipinski definition) is 8. The topological polar surface area (TPSA) is 176 Å². The van der Waals surface area contributed by atoms with Crippen LogP contribution >= 0.6 is 12.4 Å². The number of para-hydroxylation sites is 1. The number of anilines is 1. The number of aromatic nitrogens is 1. The maximum absolute atomic E-state index is 14.4. The summed E-state index contributed by atoms with van der Waals surface area (Å²) >= 11 is 0. The summed E-state index contributed by atoms with van der Waals surface area (Å²) in [6.07, 6.45) is 1.50. The Hall–Kier alpha value is -5.53. The molecule has 5 aromatic rings. The molecule has 12 nitrogen and oxygen atoms in total. The molecule has 2 amide bonds. The van der Waals surface area contributed by atoms with Gasteiger partial charge < -0.3 is 20.7 Å². The fraction of sp³-hybridized carbons (Fsp3) is 0.194. The van der Waals surface area contributed by atoms with Crippen molar-refractivity contribution in [2.45, 2.75) is 25.3 Å². The monoisotopic (exact) mass is 716 g/mol. The molecule has 50 heavy (non-hydrogen) atoms. The van der Waals surface area contributed by atoms with Crippen LogP contribution < -0.4 is 15.4 Å². The number of nitrogens with one attached hydrogen (secondary N) is 2. The lowest BCUT2D eigenvalue weighted by Gasteiger charge is -2.28. The van der Waals surface area contributed by atoms with Gasteiger partial charge >= 0.3 is 5.97 Å². The molecule has 1 aromatic heterocycles. The normalized spacial score (nSPS) is 11.0. The van der Waals surface area contributed by atoms with Gasteiger partial charge in [0.1, 0.15) is 23.8 Å². The van der Waals surface area contributed by atoms with E-state index in [1.165, 1.54) is 17.2 Å². The molecule has 0 aliphatic rings. The van der Waals surface area contributed by atoms with Gasteiger partial charge in [-0.3, -0.25) is 29.1 Å². The Morgan fingerprint density at radius 2 is 1.60 bits per heavy atom. The highest BCUT2D eigenvalue weighted by Crippen LogP contribution is 2.31. The highest BCUT2D eigenvalue weighted by atomic mass is 35.5. The number of pyridine rings is 1. The SMILES string of the molecule is CCOC(=O)CN(CC)C(=O)CN(c1ccc2c(C(=O)NCc3ccc(C(=N)N)cc3)cccc2c1)S(=O)(=O)c1cccc2cccnc12.Cl. The van der Waals surface area contributed by atoms with E-state index in [-0.39, 0.29) is 66.5 Å². The fourth-order valence-corrected chi connectivity index (χ4v) is 6.96. The minimum atomic E-state index is -4.39. The van der Waals surface area contributed by atoms with E-state index in [1.807, 2.05) is 0 Å². The highest BCUT2D eigenvalue weighted by molar-refractivity contribution is 7.93. The molecular weight excluding hydrogens is 680 g/mol. The molecule has 0 radical (unpaired) electrons. The van der Waals surface area contributed by atoms with Gasteiger partial charge in [-0.2, -0.15) is 0 Å². The van der Waals surface area contributed by atoms with Crippen LogP contribution in [0.3, 0.4) is 0 Å². The predicted octanol–water partition coefficient (Wildman–Crippen LogP) is 4.63. The molecule has 1 heterocycles. The van der Waals surface area contributed by atoms with Crippen LogP contribution in [0.15, 0.2) is 102 Å².